The van der Waals surface area contributed by atoms with E-state index in [9.17, 15) is 18.0 Å². The fourth-order valence-electron chi connectivity index (χ4n) is 3.31. The second-order valence-electron chi connectivity index (χ2n) is 8.09. The lowest BCUT2D eigenvalue weighted by Crippen LogP contribution is -2.52. The van der Waals surface area contributed by atoms with Crippen LogP contribution in [0.25, 0.3) is 0 Å². The first-order valence-electron chi connectivity index (χ1n) is 10.9. The first kappa shape index (κ1) is 27.5. The number of sulfonamides is 1. The molecular weight excluding hydrogens is 478 g/mol. The molecule has 0 heterocycles. The van der Waals surface area contributed by atoms with Gasteiger partial charge < -0.3 is 15.0 Å². The highest BCUT2D eigenvalue weighted by molar-refractivity contribution is 7.92. The standard InChI is InChI=1S/C24H32ClN3O5S/c1-6-17(2)26-24(30)18(3)27(15-19-10-9-11-20(25)14-19)23(29)16-28(34(5,31)32)21-12-7-8-13-22(21)33-4/h7-14,17-18H,6,15-16H2,1-5H3,(H,26,30)/t17-,18-/m0/s1. The third kappa shape index (κ3) is 7.36. The van der Waals surface area contributed by atoms with E-state index in [1.807, 2.05) is 13.8 Å². The summed E-state index contributed by atoms with van der Waals surface area (Å²) >= 11 is 6.11. The highest BCUT2D eigenvalue weighted by Gasteiger charge is 2.31. The van der Waals surface area contributed by atoms with Gasteiger partial charge in [0.15, 0.2) is 0 Å². The first-order chi connectivity index (χ1) is 16.0. The summed E-state index contributed by atoms with van der Waals surface area (Å²) in [4.78, 5) is 27.8. The summed E-state index contributed by atoms with van der Waals surface area (Å²) in [6.45, 7) is 5.02. The van der Waals surface area contributed by atoms with Crippen molar-refractivity contribution in [2.45, 2.75) is 45.8 Å². The van der Waals surface area contributed by atoms with Crippen molar-refractivity contribution in [2.24, 2.45) is 0 Å². The third-order valence-corrected chi connectivity index (χ3v) is 6.80. The Kier molecular flexibility index (Phi) is 9.76. The molecular formula is C24H32ClN3O5S. The number of benzene rings is 2. The molecule has 2 aromatic rings. The number of halogens is 1. The van der Waals surface area contributed by atoms with Gasteiger partial charge in [0.05, 0.1) is 19.1 Å². The number of nitrogens with one attached hydrogen (secondary N) is 1. The number of hydrogen-bond acceptors (Lipinski definition) is 5. The summed E-state index contributed by atoms with van der Waals surface area (Å²) in [7, 11) is -2.42. The summed E-state index contributed by atoms with van der Waals surface area (Å²) in [5.74, 6) is -0.555. The number of rotatable bonds is 11. The highest BCUT2D eigenvalue weighted by Crippen LogP contribution is 2.29. The zero-order valence-corrected chi connectivity index (χ0v) is 21.7. The van der Waals surface area contributed by atoms with Crippen LogP contribution in [0.5, 0.6) is 5.75 Å². The molecule has 0 aliphatic rings. The number of amides is 2. The normalized spacial score (nSPS) is 13.0. The number of carbonyl (C=O) groups is 2. The predicted molar refractivity (Wildman–Crippen MR) is 135 cm³/mol. The molecule has 1 N–H and O–H groups in total. The first-order valence-corrected chi connectivity index (χ1v) is 13.2. The van der Waals surface area contributed by atoms with Crippen molar-refractivity contribution in [2.75, 3.05) is 24.2 Å². The number of ether oxygens (including phenoxy) is 1. The molecule has 0 saturated carbocycles. The zero-order valence-electron chi connectivity index (χ0n) is 20.1. The Morgan fingerprint density at radius 3 is 2.38 bits per heavy atom. The fraction of sp³-hybridized carbons (Fsp3) is 0.417. The Morgan fingerprint density at radius 1 is 1.12 bits per heavy atom. The molecule has 0 aliphatic carbocycles. The maximum Gasteiger partial charge on any atom is 0.244 e. The van der Waals surface area contributed by atoms with Crippen LogP contribution in [0.1, 0.15) is 32.8 Å². The van der Waals surface area contributed by atoms with Crippen molar-refractivity contribution in [1.82, 2.24) is 10.2 Å². The van der Waals surface area contributed by atoms with Crippen LogP contribution < -0.4 is 14.4 Å². The lowest BCUT2D eigenvalue weighted by atomic mass is 10.1. The van der Waals surface area contributed by atoms with Crippen LogP contribution >= 0.6 is 11.6 Å². The van der Waals surface area contributed by atoms with Gasteiger partial charge in [-0.25, -0.2) is 8.42 Å². The van der Waals surface area contributed by atoms with Gasteiger partial charge in [-0.3, -0.25) is 13.9 Å². The Balaban J connectivity index is 2.42. The smallest absolute Gasteiger partial charge is 0.244 e. The van der Waals surface area contributed by atoms with Gasteiger partial charge in [0.25, 0.3) is 0 Å². The van der Waals surface area contributed by atoms with Crippen LogP contribution in [-0.4, -0.2) is 57.1 Å². The van der Waals surface area contributed by atoms with Crippen molar-refractivity contribution >= 4 is 39.1 Å². The number of nitrogens with zero attached hydrogens (tertiary/aromatic N) is 2. The van der Waals surface area contributed by atoms with E-state index < -0.39 is 28.5 Å². The Hall–Kier alpha value is -2.78. The van der Waals surface area contributed by atoms with Crippen molar-refractivity contribution in [1.29, 1.82) is 0 Å². The molecule has 8 nitrogen and oxygen atoms in total. The van der Waals surface area contributed by atoms with Gasteiger partial charge in [0, 0.05) is 17.6 Å². The van der Waals surface area contributed by atoms with Crippen LogP contribution in [0.2, 0.25) is 5.02 Å². The molecule has 2 atom stereocenters. The van der Waals surface area contributed by atoms with E-state index >= 15 is 0 Å². The van der Waals surface area contributed by atoms with E-state index in [1.54, 1.807) is 55.5 Å². The Morgan fingerprint density at radius 2 is 1.79 bits per heavy atom. The molecule has 0 spiro atoms. The molecule has 0 unspecified atom stereocenters. The maximum atomic E-state index is 13.5. The summed E-state index contributed by atoms with van der Waals surface area (Å²) in [5, 5.41) is 3.38. The van der Waals surface area contributed by atoms with Gasteiger partial charge in [-0.05, 0) is 50.1 Å². The second-order valence-corrected chi connectivity index (χ2v) is 10.4. The molecule has 0 aliphatic heterocycles. The monoisotopic (exact) mass is 509 g/mol. The van der Waals surface area contributed by atoms with Gasteiger partial charge in [0.1, 0.15) is 18.3 Å². The summed E-state index contributed by atoms with van der Waals surface area (Å²) in [5.41, 5.74) is 0.951. The number of hydrogen-bond donors (Lipinski definition) is 1. The van der Waals surface area contributed by atoms with Gasteiger partial charge in [-0.1, -0.05) is 42.8 Å². The van der Waals surface area contributed by atoms with Crippen LogP contribution in [0.4, 0.5) is 5.69 Å². The molecule has 0 radical (unpaired) electrons. The van der Waals surface area contributed by atoms with Crippen molar-refractivity contribution in [3.8, 4) is 5.75 Å². The minimum Gasteiger partial charge on any atom is -0.495 e. The number of para-hydroxylation sites is 2. The average Bonchev–Trinajstić information content (AvgIpc) is 2.79. The number of methoxy groups -OCH3 is 1. The van der Waals surface area contributed by atoms with Crippen molar-refractivity contribution in [3.63, 3.8) is 0 Å². The number of anilines is 1. The summed E-state index contributed by atoms with van der Waals surface area (Å²) in [6, 6.07) is 12.6. The quantitative estimate of drug-likeness (QED) is 0.500. The fourth-order valence-corrected chi connectivity index (χ4v) is 4.38. The highest BCUT2D eigenvalue weighted by atomic mass is 35.5. The van der Waals surface area contributed by atoms with Gasteiger partial charge in [-0.15, -0.1) is 0 Å². The molecule has 0 saturated heterocycles. The SMILES string of the molecule is CC[C@H](C)NC(=O)[C@H](C)N(Cc1cccc(Cl)c1)C(=O)CN(c1ccccc1OC)S(C)(=O)=O. The van der Waals surface area contributed by atoms with Crippen LogP contribution in [0.15, 0.2) is 48.5 Å². The molecule has 2 rings (SSSR count). The van der Waals surface area contributed by atoms with Crippen LogP contribution in [0.3, 0.4) is 0 Å². The topological polar surface area (TPSA) is 96.0 Å². The van der Waals surface area contributed by atoms with E-state index in [0.29, 0.717) is 16.3 Å². The molecule has 34 heavy (non-hydrogen) atoms. The molecule has 0 bridgehead atoms. The molecule has 10 heteroatoms. The minimum absolute atomic E-state index is 0.0702. The van der Waals surface area contributed by atoms with E-state index in [1.165, 1.54) is 12.0 Å². The predicted octanol–water partition coefficient (Wildman–Crippen LogP) is 3.45. The van der Waals surface area contributed by atoms with Crippen molar-refractivity contribution in [3.05, 3.63) is 59.1 Å². The van der Waals surface area contributed by atoms with Crippen LogP contribution in [-0.2, 0) is 26.2 Å². The Bertz CT molecular complexity index is 1110. The number of carbonyl (C=O) groups excluding carboxylic acids is 2. The van der Waals surface area contributed by atoms with Gasteiger partial charge >= 0.3 is 0 Å². The van der Waals surface area contributed by atoms with Crippen molar-refractivity contribution < 1.29 is 22.7 Å². The summed E-state index contributed by atoms with van der Waals surface area (Å²) in [6.07, 6.45) is 1.75. The Labute approximate surface area is 206 Å². The van der Waals surface area contributed by atoms with E-state index in [0.717, 1.165) is 17.0 Å². The minimum atomic E-state index is -3.84. The van der Waals surface area contributed by atoms with Crippen LogP contribution in [0, 0.1) is 0 Å². The zero-order chi connectivity index (χ0) is 25.5. The van der Waals surface area contributed by atoms with E-state index in [-0.39, 0.29) is 24.2 Å². The lowest BCUT2D eigenvalue weighted by Gasteiger charge is -2.32. The molecule has 2 aromatic carbocycles. The molecule has 2 amide bonds. The third-order valence-electron chi connectivity index (χ3n) is 5.44. The molecule has 186 valence electrons. The van der Waals surface area contributed by atoms with E-state index in [2.05, 4.69) is 5.32 Å². The lowest BCUT2D eigenvalue weighted by molar-refractivity contribution is -0.139. The summed E-state index contributed by atoms with van der Waals surface area (Å²) < 4.78 is 31.6. The average molecular weight is 510 g/mol. The molecule has 0 aromatic heterocycles. The second kappa shape index (κ2) is 12.1. The van der Waals surface area contributed by atoms with E-state index in [4.69, 9.17) is 16.3 Å². The van der Waals surface area contributed by atoms with Gasteiger partial charge in [0.2, 0.25) is 21.8 Å². The maximum absolute atomic E-state index is 13.5. The largest absolute Gasteiger partial charge is 0.495 e. The molecule has 0 fully saturated rings. The van der Waals surface area contributed by atoms with Gasteiger partial charge in [-0.2, -0.15) is 0 Å².